The molecule has 0 aliphatic heterocycles. The van der Waals surface area contributed by atoms with E-state index in [1.165, 1.54) is 37.8 Å². The summed E-state index contributed by atoms with van der Waals surface area (Å²) < 4.78 is 8.33. The molecule has 3 N–H and O–H groups in total. The molecule has 2 aromatic heterocycles. The molecule has 2 aromatic carbocycles. The number of nitrogens with one attached hydrogen (secondary N) is 1. The van der Waals surface area contributed by atoms with Crippen LogP contribution in [0.3, 0.4) is 0 Å². The minimum atomic E-state index is 0.344. The molecule has 0 amide bonds. The molecule has 2 heterocycles. The second-order valence-corrected chi connectivity index (χ2v) is 8.93. The second kappa shape index (κ2) is 7.86. The summed E-state index contributed by atoms with van der Waals surface area (Å²) in [5.74, 6) is 1.57. The standard InChI is InChI=1S/C26H27N5O/c27-24-22-12-11-21(32-26-28-13-2-14-29-26)15-23(22)31(20-3-1-4-20)25(24)18-7-9-19(10-8-18)30-16-17-5-6-17/h2,7-15,17,20,30H,1,3-6,16,27H2. The van der Waals surface area contributed by atoms with Crippen molar-refractivity contribution >= 4 is 22.3 Å². The van der Waals surface area contributed by atoms with Crippen molar-refractivity contribution in [3.63, 3.8) is 0 Å². The Morgan fingerprint density at radius 1 is 1.00 bits per heavy atom. The quantitative estimate of drug-likeness (QED) is 0.379. The molecular formula is C26H27N5O. The van der Waals surface area contributed by atoms with E-state index in [-0.39, 0.29) is 0 Å². The van der Waals surface area contributed by atoms with Crippen molar-refractivity contribution in [2.45, 2.75) is 38.1 Å². The molecule has 0 spiro atoms. The molecule has 0 saturated heterocycles. The van der Waals surface area contributed by atoms with Crippen molar-refractivity contribution in [3.05, 3.63) is 60.9 Å². The SMILES string of the molecule is Nc1c(-c2ccc(NCC3CC3)cc2)n(C2CCC2)c2cc(Oc3ncccn3)ccc12. The van der Waals surface area contributed by atoms with Gasteiger partial charge in [-0.15, -0.1) is 0 Å². The first-order valence-electron chi connectivity index (χ1n) is 11.5. The molecule has 2 aliphatic rings. The van der Waals surface area contributed by atoms with Gasteiger partial charge in [0.2, 0.25) is 0 Å². The molecule has 32 heavy (non-hydrogen) atoms. The van der Waals surface area contributed by atoms with Crippen LogP contribution in [-0.2, 0) is 0 Å². The molecule has 6 rings (SSSR count). The lowest BCUT2D eigenvalue weighted by Crippen LogP contribution is -2.17. The van der Waals surface area contributed by atoms with Crippen LogP contribution in [-0.4, -0.2) is 21.1 Å². The van der Waals surface area contributed by atoms with E-state index < -0.39 is 0 Å². The summed E-state index contributed by atoms with van der Waals surface area (Å²) in [6.07, 6.45) is 9.65. The van der Waals surface area contributed by atoms with Crippen LogP contribution in [0, 0.1) is 5.92 Å². The maximum absolute atomic E-state index is 6.73. The predicted molar refractivity (Wildman–Crippen MR) is 128 cm³/mol. The molecule has 6 nitrogen and oxygen atoms in total. The van der Waals surface area contributed by atoms with Gasteiger partial charge in [-0.25, -0.2) is 9.97 Å². The summed E-state index contributed by atoms with van der Waals surface area (Å²) in [5.41, 5.74) is 12.1. The van der Waals surface area contributed by atoms with Crippen molar-refractivity contribution < 1.29 is 4.74 Å². The third-order valence-electron chi connectivity index (χ3n) is 6.66. The molecule has 0 unspecified atom stereocenters. The lowest BCUT2D eigenvalue weighted by atomic mass is 9.92. The van der Waals surface area contributed by atoms with Crippen LogP contribution in [0.5, 0.6) is 11.8 Å². The van der Waals surface area contributed by atoms with Gasteiger partial charge in [0.05, 0.1) is 16.9 Å². The highest BCUT2D eigenvalue weighted by Crippen LogP contribution is 2.45. The highest BCUT2D eigenvalue weighted by Gasteiger charge is 2.27. The predicted octanol–water partition coefficient (Wildman–Crippen LogP) is 6.02. The zero-order chi connectivity index (χ0) is 21.5. The van der Waals surface area contributed by atoms with E-state index in [0.29, 0.717) is 17.8 Å². The number of aromatic nitrogens is 3. The Hall–Kier alpha value is -3.54. The first-order chi connectivity index (χ1) is 15.8. The monoisotopic (exact) mass is 425 g/mol. The molecule has 0 bridgehead atoms. The third-order valence-corrected chi connectivity index (χ3v) is 6.66. The number of rotatable bonds is 7. The van der Waals surface area contributed by atoms with Gasteiger partial charge in [-0.3, -0.25) is 0 Å². The molecule has 162 valence electrons. The Balaban J connectivity index is 1.39. The van der Waals surface area contributed by atoms with E-state index in [0.717, 1.165) is 40.3 Å². The van der Waals surface area contributed by atoms with Gasteiger partial charge in [0, 0.05) is 47.7 Å². The van der Waals surface area contributed by atoms with Crippen LogP contribution in [0.15, 0.2) is 60.9 Å². The number of nitrogens with zero attached hydrogens (tertiary/aromatic N) is 3. The fourth-order valence-electron chi connectivity index (χ4n) is 4.47. The van der Waals surface area contributed by atoms with Gasteiger partial charge < -0.3 is 20.4 Å². The third kappa shape index (κ3) is 3.55. The molecule has 2 aliphatic carbocycles. The molecule has 2 saturated carbocycles. The van der Waals surface area contributed by atoms with Crippen LogP contribution < -0.4 is 15.8 Å². The topological polar surface area (TPSA) is 78.0 Å². The van der Waals surface area contributed by atoms with Gasteiger partial charge in [0.15, 0.2) is 0 Å². The Kier molecular flexibility index (Phi) is 4.71. The first-order valence-corrected chi connectivity index (χ1v) is 11.5. The number of ether oxygens (including phenoxy) is 1. The summed E-state index contributed by atoms with van der Waals surface area (Å²) >= 11 is 0. The fourth-order valence-corrected chi connectivity index (χ4v) is 4.47. The number of fused-ring (bicyclic) bond motifs is 1. The average molecular weight is 426 g/mol. The van der Waals surface area contributed by atoms with E-state index in [9.17, 15) is 0 Å². The van der Waals surface area contributed by atoms with Crippen molar-refractivity contribution in [2.24, 2.45) is 5.92 Å². The average Bonchev–Trinajstić information content (AvgIpc) is 3.58. The van der Waals surface area contributed by atoms with Crippen molar-refractivity contribution in [2.75, 3.05) is 17.6 Å². The highest BCUT2D eigenvalue weighted by atomic mass is 16.5. The normalized spacial score (nSPS) is 16.1. The van der Waals surface area contributed by atoms with Gasteiger partial charge in [-0.2, -0.15) is 0 Å². The smallest absolute Gasteiger partial charge is 0.321 e. The lowest BCUT2D eigenvalue weighted by Gasteiger charge is -2.30. The van der Waals surface area contributed by atoms with Gasteiger partial charge >= 0.3 is 6.01 Å². The summed E-state index contributed by atoms with van der Waals surface area (Å²) in [7, 11) is 0. The highest BCUT2D eigenvalue weighted by molar-refractivity contribution is 6.01. The van der Waals surface area contributed by atoms with Crippen molar-refractivity contribution in [1.29, 1.82) is 0 Å². The summed E-state index contributed by atoms with van der Waals surface area (Å²) in [5, 5.41) is 4.61. The van der Waals surface area contributed by atoms with Gasteiger partial charge in [-0.1, -0.05) is 12.1 Å². The van der Waals surface area contributed by atoms with Gasteiger partial charge in [-0.05, 0) is 68.4 Å². The molecule has 0 radical (unpaired) electrons. The van der Waals surface area contributed by atoms with E-state index >= 15 is 0 Å². The molecule has 2 fully saturated rings. The molecule has 0 atom stereocenters. The zero-order valence-corrected chi connectivity index (χ0v) is 18.0. The minimum absolute atomic E-state index is 0.344. The van der Waals surface area contributed by atoms with Crippen LogP contribution in [0.1, 0.15) is 38.1 Å². The largest absolute Gasteiger partial charge is 0.424 e. The maximum atomic E-state index is 6.73. The fraction of sp³-hybridized carbons (Fsp3) is 0.308. The van der Waals surface area contributed by atoms with Crippen LogP contribution in [0.4, 0.5) is 11.4 Å². The molecule has 6 heteroatoms. The summed E-state index contributed by atoms with van der Waals surface area (Å²) in [4.78, 5) is 8.35. The Morgan fingerprint density at radius 2 is 1.78 bits per heavy atom. The number of benzene rings is 2. The van der Waals surface area contributed by atoms with E-state index in [4.69, 9.17) is 10.5 Å². The zero-order valence-electron chi connectivity index (χ0n) is 18.0. The number of anilines is 2. The van der Waals surface area contributed by atoms with Crippen molar-refractivity contribution in [1.82, 2.24) is 14.5 Å². The second-order valence-electron chi connectivity index (χ2n) is 8.93. The number of hydrogen-bond acceptors (Lipinski definition) is 5. The van der Waals surface area contributed by atoms with E-state index in [1.807, 2.05) is 12.1 Å². The van der Waals surface area contributed by atoms with Crippen LogP contribution in [0.2, 0.25) is 0 Å². The van der Waals surface area contributed by atoms with Crippen molar-refractivity contribution in [3.8, 4) is 23.0 Å². The van der Waals surface area contributed by atoms with E-state index in [2.05, 4.69) is 50.2 Å². The maximum Gasteiger partial charge on any atom is 0.321 e. The lowest BCUT2D eigenvalue weighted by molar-refractivity contribution is 0.324. The minimum Gasteiger partial charge on any atom is -0.424 e. The number of nitrogen functional groups attached to an aromatic ring is 1. The first kappa shape index (κ1) is 19.2. The Labute approximate surface area is 187 Å². The van der Waals surface area contributed by atoms with Gasteiger partial charge in [0.1, 0.15) is 5.75 Å². The summed E-state index contributed by atoms with van der Waals surface area (Å²) in [6, 6.07) is 17.3. The number of nitrogens with two attached hydrogens (primary N) is 1. The van der Waals surface area contributed by atoms with Gasteiger partial charge in [0.25, 0.3) is 0 Å². The Bertz CT molecular complexity index is 1240. The Morgan fingerprint density at radius 3 is 2.47 bits per heavy atom. The van der Waals surface area contributed by atoms with Crippen LogP contribution >= 0.6 is 0 Å². The van der Waals surface area contributed by atoms with Crippen LogP contribution in [0.25, 0.3) is 22.2 Å². The molecular weight excluding hydrogens is 398 g/mol. The number of hydrogen-bond donors (Lipinski definition) is 2. The van der Waals surface area contributed by atoms with E-state index in [1.54, 1.807) is 18.5 Å². The molecule has 4 aromatic rings. The summed E-state index contributed by atoms with van der Waals surface area (Å²) in [6.45, 7) is 1.07.